The Bertz CT molecular complexity index is 1120. The Morgan fingerprint density at radius 1 is 0.935 bits per heavy atom. The summed E-state index contributed by atoms with van der Waals surface area (Å²) >= 11 is 12.1. The van der Waals surface area contributed by atoms with E-state index >= 15 is 0 Å². The maximum Gasteiger partial charge on any atom is 0.329 e. The predicted molar refractivity (Wildman–Crippen MR) is 123 cm³/mol. The first-order valence-corrected chi connectivity index (χ1v) is 10.1. The molecule has 0 radical (unpaired) electrons. The quantitative estimate of drug-likeness (QED) is 0.312. The summed E-state index contributed by atoms with van der Waals surface area (Å²) in [6.07, 6.45) is 1.42. The number of hydrazone groups is 1. The molecule has 8 heteroatoms. The van der Waals surface area contributed by atoms with Crippen molar-refractivity contribution < 1.29 is 14.3 Å². The molecule has 0 aliphatic rings. The second-order valence-corrected chi connectivity index (χ2v) is 7.33. The Morgan fingerprint density at radius 2 is 1.65 bits per heavy atom. The second-order valence-electron chi connectivity index (χ2n) is 6.51. The highest BCUT2D eigenvalue weighted by Gasteiger charge is 2.14. The Kier molecular flexibility index (Phi) is 7.65. The van der Waals surface area contributed by atoms with E-state index < -0.39 is 11.8 Å². The van der Waals surface area contributed by atoms with E-state index in [9.17, 15) is 9.59 Å². The van der Waals surface area contributed by atoms with Crippen LogP contribution < -0.4 is 15.5 Å². The Hall–Kier alpha value is -3.35. The lowest BCUT2D eigenvalue weighted by atomic mass is 10.2. The molecule has 0 saturated heterocycles. The summed E-state index contributed by atoms with van der Waals surface area (Å²) in [5.41, 5.74) is 4.94. The molecule has 0 aliphatic heterocycles. The van der Waals surface area contributed by atoms with E-state index in [4.69, 9.17) is 27.9 Å². The van der Waals surface area contributed by atoms with Crippen molar-refractivity contribution >= 4 is 46.9 Å². The lowest BCUT2D eigenvalue weighted by molar-refractivity contribution is -0.136. The molecular formula is C23H19Cl2N3O3. The Labute approximate surface area is 189 Å². The van der Waals surface area contributed by atoms with Crippen molar-refractivity contribution in [1.82, 2.24) is 5.43 Å². The fourth-order valence-electron chi connectivity index (χ4n) is 2.56. The zero-order valence-corrected chi connectivity index (χ0v) is 18.1. The summed E-state index contributed by atoms with van der Waals surface area (Å²) in [6.45, 7) is 2.10. The number of benzene rings is 3. The number of hydrogen-bond acceptors (Lipinski definition) is 4. The third-order valence-electron chi connectivity index (χ3n) is 4.33. The third-order valence-corrected chi connectivity index (χ3v) is 5.11. The van der Waals surface area contributed by atoms with E-state index in [-0.39, 0.29) is 0 Å². The zero-order valence-electron chi connectivity index (χ0n) is 16.6. The second kappa shape index (κ2) is 10.6. The molecule has 0 unspecified atom stereocenters. The molecule has 3 rings (SSSR count). The van der Waals surface area contributed by atoms with Gasteiger partial charge in [0.15, 0.2) is 0 Å². The molecule has 0 heterocycles. The van der Waals surface area contributed by atoms with E-state index in [0.29, 0.717) is 33.7 Å². The van der Waals surface area contributed by atoms with Gasteiger partial charge in [-0.2, -0.15) is 5.10 Å². The number of anilines is 1. The molecule has 0 aliphatic carbocycles. The lowest BCUT2D eigenvalue weighted by Crippen LogP contribution is -2.32. The normalized spacial score (nSPS) is 10.7. The molecule has 0 fully saturated rings. The highest BCUT2D eigenvalue weighted by atomic mass is 35.5. The first-order chi connectivity index (χ1) is 14.9. The first kappa shape index (κ1) is 22.3. The van der Waals surface area contributed by atoms with Gasteiger partial charge in [0.25, 0.3) is 0 Å². The molecule has 0 bridgehead atoms. The smallest absolute Gasteiger partial charge is 0.329 e. The van der Waals surface area contributed by atoms with Crippen LogP contribution in [0.3, 0.4) is 0 Å². The topological polar surface area (TPSA) is 79.8 Å². The standard InChI is InChI=1S/C23H19Cl2N3O3/c1-15-19(24)7-4-8-21(15)27-22(29)23(30)28-26-13-16-9-11-18(12-10-16)31-14-17-5-2-3-6-20(17)25/h2-13H,14H2,1H3,(H,27,29)(H,28,30)/b26-13+. The van der Waals surface area contributed by atoms with Gasteiger partial charge in [0.05, 0.1) is 6.21 Å². The van der Waals surface area contributed by atoms with E-state index in [1.54, 1.807) is 49.4 Å². The largest absolute Gasteiger partial charge is 0.489 e. The van der Waals surface area contributed by atoms with E-state index in [2.05, 4.69) is 15.8 Å². The van der Waals surface area contributed by atoms with Crippen LogP contribution in [0.2, 0.25) is 10.0 Å². The minimum atomic E-state index is -0.893. The number of hydrogen-bond donors (Lipinski definition) is 2. The van der Waals surface area contributed by atoms with Gasteiger partial charge in [-0.25, -0.2) is 5.43 Å². The number of ether oxygens (including phenoxy) is 1. The van der Waals surface area contributed by atoms with Gasteiger partial charge in [-0.3, -0.25) is 9.59 Å². The van der Waals surface area contributed by atoms with Crippen molar-refractivity contribution in [1.29, 1.82) is 0 Å². The average Bonchev–Trinajstić information content (AvgIpc) is 2.77. The highest BCUT2D eigenvalue weighted by molar-refractivity contribution is 6.40. The van der Waals surface area contributed by atoms with Crippen molar-refractivity contribution in [3.63, 3.8) is 0 Å². The summed E-state index contributed by atoms with van der Waals surface area (Å²) in [4.78, 5) is 23.9. The molecule has 3 aromatic carbocycles. The fraction of sp³-hybridized carbons (Fsp3) is 0.0870. The molecular weight excluding hydrogens is 437 g/mol. The van der Waals surface area contributed by atoms with E-state index in [1.807, 2.05) is 24.3 Å². The van der Waals surface area contributed by atoms with Crippen LogP contribution in [0.25, 0.3) is 0 Å². The molecule has 6 nitrogen and oxygen atoms in total. The molecule has 3 aromatic rings. The van der Waals surface area contributed by atoms with Gasteiger partial charge in [0, 0.05) is 21.3 Å². The monoisotopic (exact) mass is 455 g/mol. The van der Waals surface area contributed by atoms with Crippen LogP contribution in [0, 0.1) is 6.92 Å². The van der Waals surface area contributed by atoms with E-state index in [1.165, 1.54) is 6.21 Å². The van der Waals surface area contributed by atoms with E-state index in [0.717, 1.165) is 11.1 Å². The summed E-state index contributed by atoms with van der Waals surface area (Å²) in [5, 5.41) is 7.46. The van der Waals surface area contributed by atoms with Gasteiger partial charge in [-0.05, 0) is 60.5 Å². The van der Waals surface area contributed by atoms with Gasteiger partial charge in [0.2, 0.25) is 0 Å². The maximum absolute atomic E-state index is 12.0. The Morgan fingerprint density at radius 3 is 2.39 bits per heavy atom. The minimum absolute atomic E-state index is 0.352. The van der Waals surface area contributed by atoms with Gasteiger partial charge in [-0.15, -0.1) is 0 Å². The summed E-state index contributed by atoms with van der Waals surface area (Å²) < 4.78 is 5.72. The number of halogens is 2. The van der Waals surface area contributed by atoms with Crippen molar-refractivity contribution in [3.05, 3.63) is 93.5 Å². The van der Waals surface area contributed by atoms with Crippen LogP contribution in [-0.2, 0) is 16.2 Å². The molecule has 0 atom stereocenters. The van der Waals surface area contributed by atoms with Crippen molar-refractivity contribution in [2.24, 2.45) is 5.10 Å². The summed E-state index contributed by atoms with van der Waals surface area (Å²) in [7, 11) is 0. The maximum atomic E-state index is 12.0. The van der Waals surface area contributed by atoms with Crippen LogP contribution in [0.4, 0.5) is 5.69 Å². The molecule has 158 valence electrons. The molecule has 2 N–H and O–H groups in total. The number of nitrogens with one attached hydrogen (secondary N) is 2. The molecule has 2 amide bonds. The molecule has 0 saturated carbocycles. The third kappa shape index (κ3) is 6.31. The lowest BCUT2D eigenvalue weighted by Gasteiger charge is -2.08. The fourth-order valence-corrected chi connectivity index (χ4v) is 2.93. The predicted octanol–water partition coefficient (Wildman–Crippen LogP) is 4.97. The van der Waals surface area contributed by atoms with Crippen LogP contribution >= 0.6 is 23.2 Å². The number of amides is 2. The SMILES string of the molecule is Cc1c(Cl)cccc1NC(=O)C(=O)N/N=C/c1ccc(OCc2ccccc2Cl)cc1. The first-order valence-electron chi connectivity index (χ1n) is 9.30. The van der Waals surface area contributed by atoms with Gasteiger partial charge in [0.1, 0.15) is 12.4 Å². The molecule has 31 heavy (non-hydrogen) atoms. The zero-order chi connectivity index (χ0) is 22.2. The van der Waals surface area contributed by atoms with Gasteiger partial charge >= 0.3 is 11.8 Å². The Balaban J connectivity index is 1.50. The minimum Gasteiger partial charge on any atom is -0.489 e. The summed E-state index contributed by atoms with van der Waals surface area (Å²) in [5.74, 6) is -1.07. The van der Waals surface area contributed by atoms with Crippen LogP contribution in [0.5, 0.6) is 5.75 Å². The number of carbonyl (C=O) groups is 2. The number of rotatable bonds is 6. The number of carbonyl (C=O) groups excluding carboxylic acids is 2. The van der Waals surface area contributed by atoms with Gasteiger partial charge in [-0.1, -0.05) is 47.5 Å². The molecule has 0 aromatic heterocycles. The highest BCUT2D eigenvalue weighted by Crippen LogP contribution is 2.22. The number of nitrogens with zero attached hydrogens (tertiary/aromatic N) is 1. The average molecular weight is 456 g/mol. The van der Waals surface area contributed by atoms with Crippen LogP contribution in [0.15, 0.2) is 71.8 Å². The summed E-state index contributed by atoms with van der Waals surface area (Å²) in [6, 6.07) is 19.6. The van der Waals surface area contributed by atoms with Gasteiger partial charge < -0.3 is 10.1 Å². The van der Waals surface area contributed by atoms with Crippen molar-refractivity contribution in [2.45, 2.75) is 13.5 Å². The van der Waals surface area contributed by atoms with Crippen LogP contribution in [-0.4, -0.2) is 18.0 Å². The molecule has 0 spiro atoms. The van der Waals surface area contributed by atoms with Crippen molar-refractivity contribution in [2.75, 3.05) is 5.32 Å². The van der Waals surface area contributed by atoms with Crippen molar-refractivity contribution in [3.8, 4) is 5.75 Å². The van der Waals surface area contributed by atoms with Crippen LogP contribution in [0.1, 0.15) is 16.7 Å².